The van der Waals surface area contributed by atoms with E-state index in [0.29, 0.717) is 12.5 Å². The molecule has 0 spiro atoms. The molecular formula is C12H13ClN2O. The van der Waals surface area contributed by atoms with Crippen LogP contribution < -0.4 is 0 Å². The van der Waals surface area contributed by atoms with Gasteiger partial charge in [-0.25, -0.2) is 9.79 Å². The summed E-state index contributed by atoms with van der Waals surface area (Å²) < 4.78 is 0. The maximum Gasteiger partial charge on any atom is 0.235 e. The number of isocyanates is 1. The molecular weight excluding hydrogens is 224 g/mol. The standard InChI is InChI=1S/C12H13ClN2O/c1-15-6-10(7-15)11-3-2-9(4-12(11)13)5-14-8-16/h2-4,10H,5-7H2,1H3. The Hall–Kier alpha value is -1.15. The van der Waals surface area contributed by atoms with Crippen LogP contribution in [0.1, 0.15) is 17.0 Å². The largest absolute Gasteiger partial charge is 0.305 e. The molecule has 1 saturated heterocycles. The van der Waals surface area contributed by atoms with Gasteiger partial charge in [-0.15, -0.1) is 0 Å². The van der Waals surface area contributed by atoms with Gasteiger partial charge in [0.25, 0.3) is 0 Å². The molecule has 0 atom stereocenters. The molecule has 0 radical (unpaired) electrons. The Bertz CT molecular complexity index is 435. The molecule has 0 N–H and O–H groups in total. The second-order valence-electron chi connectivity index (χ2n) is 4.18. The van der Waals surface area contributed by atoms with E-state index in [1.165, 1.54) is 11.6 Å². The fourth-order valence-electron chi connectivity index (χ4n) is 2.02. The molecule has 0 bridgehead atoms. The lowest BCUT2D eigenvalue weighted by Gasteiger charge is -2.37. The maximum atomic E-state index is 10.00. The van der Waals surface area contributed by atoms with Gasteiger partial charge in [0.2, 0.25) is 6.08 Å². The highest BCUT2D eigenvalue weighted by Crippen LogP contribution is 2.31. The first-order valence-corrected chi connectivity index (χ1v) is 5.59. The monoisotopic (exact) mass is 236 g/mol. The average molecular weight is 237 g/mol. The fourth-order valence-corrected chi connectivity index (χ4v) is 2.38. The van der Waals surface area contributed by atoms with E-state index in [2.05, 4.69) is 16.9 Å². The van der Waals surface area contributed by atoms with Crippen LogP contribution in [0.2, 0.25) is 5.02 Å². The van der Waals surface area contributed by atoms with Crippen molar-refractivity contribution in [3.05, 3.63) is 34.3 Å². The number of nitrogens with zero attached hydrogens (tertiary/aromatic N) is 2. The lowest BCUT2D eigenvalue weighted by molar-refractivity contribution is 0.190. The second-order valence-corrected chi connectivity index (χ2v) is 4.59. The number of halogens is 1. The minimum absolute atomic E-state index is 0.355. The van der Waals surface area contributed by atoms with Crippen LogP contribution in [-0.4, -0.2) is 31.1 Å². The molecule has 1 fully saturated rings. The van der Waals surface area contributed by atoms with Gasteiger partial charge >= 0.3 is 0 Å². The van der Waals surface area contributed by atoms with Crippen molar-refractivity contribution in [2.24, 2.45) is 4.99 Å². The third-order valence-electron chi connectivity index (χ3n) is 2.89. The van der Waals surface area contributed by atoms with Crippen molar-refractivity contribution in [3.8, 4) is 0 Å². The molecule has 0 aromatic heterocycles. The minimum Gasteiger partial charge on any atom is -0.305 e. The molecule has 0 unspecified atom stereocenters. The molecule has 1 aromatic carbocycles. The molecule has 1 aromatic rings. The summed E-state index contributed by atoms with van der Waals surface area (Å²) in [6.07, 6.45) is 1.53. The van der Waals surface area contributed by atoms with E-state index in [9.17, 15) is 4.79 Å². The molecule has 4 heteroatoms. The molecule has 0 aliphatic carbocycles. The normalized spacial score (nSPS) is 16.6. The quantitative estimate of drug-likeness (QED) is 0.596. The number of hydrogen-bond acceptors (Lipinski definition) is 3. The van der Waals surface area contributed by atoms with E-state index in [-0.39, 0.29) is 0 Å². The van der Waals surface area contributed by atoms with Crippen LogP contribution in [0.5, 0.6) is 0 Å². The van der Waals surface area contributed by atoms with Gasteiger partial charge < -0.3 is 4.90 Å². The Balaban J connectivity index is 2.13. The zero-order valence-electron chi connectivity index (χ0n) is 9.11. The summed E-state index contributed by atoms with van der Waals surface area (Å²) in [6.45, 7) is 2.48. The summed E-state index contributed by atoms with van der Waals surface area (Å²) in [4.78, 5) is 15.8. The van der Waals surface area contributed by atoms with Crippen LogP contribution in [-0.2, 0) is 11.3 Å². The fraction of sp³-hybridized carbons (Fsp3) is 0.417. The molecule has 3 nitrogen and oxygen atoms in total. The number of rotatable bonds is 3. The Labute approximate surface area is 99.7 Å². The van der Waals surface area contributed by atoms with Gasteiger partial charge in [-0.1, -0.05) is 23.7 Å². The molecule has 1 aliphatic heterocycles. The van der Waals surface area contributed by atoms with E-state index in [1.807, 2.05) is 18.2 Å². The van der Waals surface area contributed by atoms with E-state index in [1.54, 1.807) is 0 Å². The van der Waals surface area contributed by atoms with Gasteiger partial charge in [-0.2, -0.15) is 0 Å². The highest BCUT2D eigenvalue weighted by atomic mass is 35.5. The SMILES string of the molecule is CN1CC(c2ccc(CN=C=O)cc2Cl)C1. The second kappa shape index (κ2) is 4.79. The average Bonchev–Trinajstić information content (AvgIpc) is 2.23. The van der Waals surface area contributed by atoms with Crippen molar-refractivity contribution < 1.29 is 4.79 Å². The van der Waals surface area contributed by atoms with Crippen LogP contribution >= 0.6 is 11.6 Å². The van der Waals surface area contributed by atoms with Crippen LogP contribution in [0.3, 0.4) is 0 Å². The summed E-state index contributed by atoms with van der Waals surface area (Å²) >= 11 is 6.20. The predicted molar refractivity (Wildman–Crippen MR) is 63.5 cm³/mol. The molecule has 0 amide bonds. The minimum atomic E-state index is 0.355. The molecule has 0 saturated carbocycles. The zero-order chi connectivity index (χ0) is 11.5. The summed E-state index contributed by atoms with van der Waals surface area (Å²) in [5.41, 5.74) is 2.14. The number of benzene rings is 1. The van der Waals surface area contributed by atoms with Crippen molar-refractivity contribution in [1.29, 1.82) is 0 Å². The molecule has 1 aliphatic rings. The molecule has 1 heterocycles. The first-order valence-electron chi connectivity index (χ1n) is 5.21. The van der Waals surface area contributed by atoms with E-state index >= 15 is 0 Å². The summed E-state index contributed by atoms with van der Waals surface area (Å²) in [6, 6.07) is 5.89. The first kappa shape index (κ1) is 11.3. The van der Waals surface area contributed by atoms with Crippen LogP contribution in [0.25, 0.3) is 0 Å². The third-order valence-corrected chi connectivity index (χ3v) is 3.22. The number of likely N-dealkylation sites (N-methyl/N-ethyl adjacent to an activating group) is 1. The van der Waals surface area contributed by atoms with Crippen molar-refractivity contribution >= 4 is 17.7 Å². The van der Waals surface area contributed by atoms with Crippen LogP contribution in [0.15, 0.2) is 23.2 Å². The van der Waals surface area contributed by atoms with Gasteiger partial charge in [-0.05, 0) is 24.2 Å². The summed E-state index contributed by atoms with van der Waals surface area (Å²) in [5, 5.41) is 0.775. The van der Waals surface area contributed by atoms with Crippen molar-refractivity contribution in [3.63, 3.8) is 0 Å². The lowest BCUT2D eigenvalue weighted by atomic mass is 9.91. The predicted octanol–water partition coefficient (Wildman–Crippen LogP) is 2.20. The Morgan fingerprint density at radius 1 is 1.56 bits per heavy atom. The molecule has 84 valence electrons. The summed E-state index contributed by atoms with van der Waals surface area (Å²) in [5.74, 6) is 0.543. The first-order chi connectivity index (χ1) is 7.70. The number of aliphatic imine (C=N–C) groups is 1. The highest BCUT2D eigenvalue weighted by Gasteiger charge is 2.26. The van der Waals surface area contributed by atoms with Gasteiger partial charge in [0.15, 0.2) is 0 Å². The lowest BCUT2D eigenvalue weighted by Crippen LogP contribution is -2.41. The van der Waals surface area contributed by atoms with Crippen LogP contribution in [0, 0.1) is 0 Å². The summed E-state index contributed by atoms with van der Waals surface area (Å²) in [7, 11) is 2.09. The molecule has 16 heavy (non-hydrogen) atoms. The third kappa shape index (κ3) is 2.33. The Morgan fingerprint density at radius 2 is 2.31 bits per heavy atom. The van der Waals surface area contributed by atoms with E-state index in [4.69, 9.17) is 11.6 Å². The van der Waals surface area contributed by atoms with Gasteiger partial charge in [0.05, 0.1) is 6.54 Å². The van der Waals surface area contributed by atoms with Crippen molar-refractivity contribution in [2.45, 2.75) is 12.5 Å². The smallest absolute Gasteiger partial charge is 0.235 e. The zero-order valence-corrected chi connectivity index (χ0v) is 9.87. The number of likely N-dealkylation sites (tertiary alicyclic amines) is 1. The topological polar surface area (TPSA) is 32.7 Å². The Morgan fingerprint density at radius 3 is 2.88 bits per heavy atom. The molecule has 2 rings (SSSR count). The van der Waals surface area contributed by atoms with Crippen molar-refractivity contribution in [2.75, 3.05) is 20.1 Å². The van der Waals surface area contributed by atoms with Gasteiger partial charge in [-0.3, -0.25) is 0 Å². The number of carbonyl (C=O) groups excluding carboxylic acids is 1. The number of hydrogen-bond donors (Lipinski definition) is 0. The van der Waals surface area contributed by atoms with Gasteiger partial charge in [0.1, 0.15) is 0 Å². The van der Waals surface area contributed by atoms with Crippen LogP contribution in [0.4, 0.5) is 0 Å². The Kier molecular flexibility index (Phi) is 3.39. The van der Waals surface area contributed by atoms with Gasteiger partial charge in [0, 0.05) is 24.0 Å². The highest BCUT2D eigenvalue weighted by molar-refractivity contribution is 6.31. The van der Waals surface area contributed by atoms with E-state index < -0.39 is 0 Å². The maximum absolute atomic E-state index is 10.00. The van der Waals surface area contributed by atoms with E-state index in [0.717, 1.165) is 23.7 Å². The van der Waals surface area contributed by atoms with Crippen molar-refractivity contribution in [1.82, 2.24) is 4.90 Å².